The first-order chi connectivity index (χ1) is 8.08. The van der Waals surface area contributed by atoms with E-state index in [1.165, 1.54) is 0 Å². The molecule has 0 aliphatic carbocycles. The number of carbonyl (C=O) groups excluding carboxylic acids is 1. The van der Waals surface area contributed by atoms with Gasteiger partial charge in [0.15, 0.2) is 0 Å². The summed E-state index contributed by atoms with van der Waals surface area (Å²) >= 11 is 0. The molecule has 0 aromatic heterocycles. The molecule has 0 aliphatic heterocycles. The third kappa shape index (κ3) is 4.65. The van der Waals surface area contributed by atoms with Gasteiger partial charge in [-0.25, -0.2) is 4.79 Å². The van der Waals surface area contributed by atoms with Crippen LogP contribution in [0.5, 0.6) is 5.75 Å². The zero-order chi connectivity index (χ0) is 14.0. The predicted molar refractivity (Wildman–Crippen MR) is 57.1 cm³/mol. The summed E-state index contributed by atoms with van der Waals surface area (Å²) < 4.78 is 46.6. The Morgan fingerprint density at radius 1 is 1.22 bits per heavy atom. The summed E-state index contributed by atoms with van der Waals surface area (Å²) in [5.74, 6) is -0.265. The van der Waals surface area contributed by atoms with Crippen LogP contribution in [0.4, 0.5) is 18.0 Å². The van der Waals surface area contributed by atoms with Crippen molar-refractivity contribution in [3.8, 4) is 5.75 Å². The average Bonchev–Trinajstić information content (AvgIpc) is 2.13. The zero-order valence-electron chi connectivity index (χ0n) is 10.1. The Morgan fingerprint density at radius 2 is 1.83 bits per heavy atom. The highest BCUT2D eigenvalue weighted by atomic mass is 19.4. The molecule has 0 spiro atoms. The van der Waals surface area contributed by atoms with Gasteiger partial charge in [-0.3, -0.25) is 0 Å². The number of carbonyl (C=O) groups is 1. The Bertz CT molecular complexity index is 433. The molecular weight excluding hydrogens is 249 g/mol. The Kier molecular flexibility index (Phi) is 3.88. The minimum absolute atomic E-state index is 0.265. The molecular formula is C12H12F3O3. The van der Waals surface area contributed by atoms with Crippen molar-refractivity contribution in [1.82, 2.24) is 0 Å². The smallest absolute Gasteiger partial charge is 0.428 e. The van der Waals surface area contributed by atoms with Crippen molar-refractivity contribution in [3.63, 3.8) is 0 Å². The number of hydrogen-bond acceptors (Lipinski definition) is 3. The monoisotopic (exact) mass is 261 g/mol. The molecule has 1 radical (unpaired) electrons. The summed E-state index contributed by atoms with van der Waals surface area (Å²) in [5.41, 5.74) is -1.72. The Hall–Kier alpha value is -1.72. The SMILES string of the molecule is CC(C)(C)OC(=O)Oc1c[c]cc(C(F)(F)F)c1. The van der Waals surface area contributed by atoms with Crippen LogP contribution < -0.4 is 4.74 Å². The summed E-state index contributed by atoms with van der Waals surface area (Å²) in [5, 5.41) is 0. The van der Waals surface area contributed by atoms with Crippen LogP contribution in [-0.2, 0) is 10.9 Å². The molecule has 0 N–H and O–H groups in total. The zero-order valence-corrected chi connectivity index (χ0v) is 10.1. The minimum Gasteiger partial charge on any atom is -0.428 e. The van der Waals surface area contributed by atoms with Crippen molar-refractivity contribution in [2.45, 2.75) is 32.5 Å². The average molecular weight is 261 g/mol. The van der Waals surface area contributed by atoms with Gasteiger partial charge in [0.05, 0.1) is 5.56 Å². The van der Waals surface area contributed by atoms with Crippen LogP contribution in [0.2, 0.25) is 0 Å². The molecule has 99 valence electrons. The molecule has 0 bridgehead atoms. The lowest BCUT2D eigenvalue weighted by atomic mass is 10.2. The Morgan fingerprint density at radius 3 is 2.33 bits per heavy atom. The summed E-state index contributed by atoms with van der Waals surface area (Å²) in [6, 6.07) is 4.85. The lowest BCUT2D eigenvalue weighted by molar-refractivity contribution is -0.137. The van der Waals surface area contributed by atoms with Crippen molar-refractivity contribution in [1.29, 1.82) is 0 Å². The summed E-state index contributed by atoms with van der Waals surface area (Å²) in [6.07, 6.45) is -5.57. The maximum absolute atomic E-state index is 12.4. The number of hydrogen-bond donors (Lipinski definition) is 0. The maximum Gasteiger partial charge on any atom is 0.514 e. The van der Waals surface area contributed by atoms with E-state index in [4.69, 9.17) is 4.74 Å². The highest BCUT2D eigenvalue weighted by molar-refractivity contribution is 5.64. The number of rotatable bonds is 1. The fourth-order valence-electron chi connectivity index (χ4n) is 1.04. The molecule has 0 unspecified atom stereocenters. The molecule has 0 saturated carbocycles. The van der Waals surface area contributed by atoms with Gasteiger partial charge < -0.3 is 9.47 Å². The largest absolute Gasteiger partial charge is 0.514 e. The fourth-order valence-corrected chi connectivity index (χ4v) is 1.04. The minimum atomic E-state index is -4.51. The molecule has 18 heavy (non-hydrogen) atoms. The first kappa shape index (κ1) is 14.3. The number of halogens is 3. The van der Waals surface area contributed by atoms with Gasteiger partial charge in [0, 0.05) is 0 Å². The van der Waals surface area contributed by atoms with Gasteiger partial charge in [-0.15, -0.1) is 0 Å². The second kappa shape index (κ2) is 4.88. The van der Waals surface area contributed by atoms with E-state index in [1.807, 2.05) is 0 Å². The van der Waals surface area contributed by atoms with Gasteiger partial charge in [-0.1, -0.05) is 0 Å². The van der Waals surface area contributed by atoms with Crippen LogP contribution in [0.3, 0.4) is 0 Å². The molecule has 0 amide bonds. The lowest BCUT2D eigenvalue weighted by Gasteiger charge is -2.18. The van der Waals surface area contributed by atoms with E-state index >= 15 is 0 Å². The quantitative estimate of drug-likeness (QED) is 0.569. The van der Waals surface area contributed by atoms with Gasteiger partial charge in [-0.2, -0.15) is 13.2 Å². The van der Waals surface area contributed by atoms with Crippen LogP contribution >= 0.6 is 0 Å². The first-order valence-corrected chi connectivity index (χ1v) is 5.07. The molecule has 3 nitrogen and oxygen atoms in total. The van der Waals surface area contributed by atoms with E-state index in [9.17, 15) is 18.0 Å². The van der Waals surface area contributed by atoms with E-state index in [0.29, 0.717) is 6.07 Å². The third-order valence-corrected chi connectivity index (χ3v) is 1.68. The van der Waals surface area contributed by atoms with Crippen molar-refractivity contribution < 1.29 is 27.4 Å². The van der Waals surface area contributed by atoms with Crippen LogP contribution in [0.25, 0.3) is 0 Å². The van der Waals surface area contributed by atoms with E-state index in [2.05, 4.69) is 10.8 Å². The molecule has 6 heteroatoms. The molecule has 0 aliphatic rings. The Balaban J connectivity index is 2.77. The second-order valence-electron chi connectivity index (χ2n) is 4.52. The number of alkyl halides is 3. The second-order valence-corrected chi connectivity index (χ2v) is 4.52. The highest BCUT2D eigenvalue weighted by Gasteiger charge is 2.31. The Labute approximate surface area is 103 Å². The third-order valence-electron chi connectivity index (χ3n) is 1.68. The van der Waals surface area contributed by atoms with E-state index in [1.54, 1.807) is 20.8 Å². The maximum atomic E-state index is 12.4. The molecule has 1 aromatic rings. The normalized spacial score (nSPS) is 12.1. The first-order valence-electron chi connectivity index (χ1n) is 5.07. The van der Waals surface area contributed by atoms with Gasteiger partial charge in [-0.05, 0) is 45.0 Å². The van der Waals surface area contributed by atoms with E-state index in [-0.39, 0.29) is 5.75 Å². The van der Waals surface area contributed by atoms with Crippen molar-refractivity contribution in [3.05, 3.63) is 29.8 Å². The van der Waals surface area contributed by atoms with Gasteiger partial charge >= 0.3 is 12.3 Å². The van der Waals surface area contributed by atoms with Crippen molar-refractivity contribution >= 4 is 6.16 Å². The van der Waals surface area contributed by atoms with E-state index < -0.39 is 23.5 Å². The van der Waals surface area contributed by atoms with Crippen LogP contribution in [-0.4, -0.2) is 11.8 Å². The van der Waals surface area contributed by atoms with Gasteiger partial charge in [0.1, 0.15) is 11.4 Å². The molecule has 1 aromatic carbocycles. The summed E-state index contributed by atoms with van der Waals surface area (Å²) in [6.45, 7) is 4.85. The molecule has 0 atom stereocenters. The van der Waals surface area contributed by atoms with Crippen molar-refractivity contribution in [2.24, 2.45) is 0 Å². The standard InChI is InChI=1S/C12H12F3O3/c1-11(2,3)18-10(16)17-9-6-4-5-8(7-9)12(13,14)15/h5-7H,1-3H3. The van der Waals surface area contributed by atoms with Crippen LogP contribution in [0.1, 0.15) is 26.3 Å². The van der Waals surface area contributed by atoms with Crippen LogP contribution in [0.15, 0.2) is 18.2 Å². The van der Waals surface area contributed by atoms with Gasteiger partial charge in [0.25, 0.3) is 0 Å². The summed E-state index contributed by atoms with van der Waals surface area (Å²) in [4.78, 5) is 11.2. The highest BCUT2D eigenvalue weighted by Crippen LogP contribution is 2.31. The number of ether oxygens (including phenoxy) is 2. The molecule has 0 saturated heterocycles. The molecule has 0 fully saturated rings. The number of benzene rings is 1. The summed E-state index contributed by atoms with van der Waals surface area (Å²) in [7, 11) is 0. The van der Waals surface area contributed by atoms with Gasteiger partial charge in [0.2, 0.25) is 0 Å². The predicted octanol–water partition coefficient (Wildman–Crippen LogP) is 3.82. The van der Waals surface area contributed by atoms with Crippen molar-refractivity contribution in [2.75, 3.05) is 0 Å². The molecule has 1 rings (SSSR count). The molecule has 0 heterocycles. The fraction of sp³-hybridized carbons (Fsp3) is 0.417. The van der Waals surface area contributed by atoms with E-state index in [0.717, 1.165) is 12.1 Å². The van der Waals surface area contributed by atoms with Crippen LogP contribution in [0, 0.1) is 6.07 Å². The lowest BCUT2D eigenvalue weighted by Crippen LogP contribution is -2.26. The topological polar surface area (TPSA) is 35.5 Å².